The zero-order valence-corrected chi connectivity index (χ0v) is 45.8. The number of carbonyl (C=O) groups is 6. The third-order valence-electron chi connectivity index (χ3n) is 11.4. The van der Waals surface area contributed by atoms with Crippen molar-refractivity contribution in [3.8, 4) is 43.4 Å². The van der Waals surface area contributed by atoms with E-state index in [1.165, 1.54) is 64.9 Å². The highest BCUT2D eigenvalue weighted by atomic mass is 35.5. The van der Waals surface area contributed by atoms with E-state index in [9.17, 15) is 33.9 Å². The van der Waals surface area contributed by atoms with Crippen LogP contribution in [0.15, 0.2) is 64.0 Å². The fourth-order valence-electron chi connectivity index (χ4n) is 7.65. The quantitative estimate of drug-likeness (QED) is 0.0742. The highest BCUT2D eigenvalue weighted by Crippen LogP contribution is 2.41. The van der Waals surface area contributed by atoms with Crippen LogP contribution in [0.3, 0.4) is 0 Å². The Balaban J connectivity index is 1.14. The summed E-state index contributed by atoms with van der Waals surface area (Å²) in [5.74, 6) is -4.18. The van der Waals surface area contributed by atoms with E-state index < -0.39 is 65.6 Å². The first-order valence-electron chi connectivity index (χ1n) is 22.7. The van der Waals surface area contributed by atoms with Gasteiger partial charge in [-0.25, -0.2) is 39.7 Å². The molecule has 1 aliphatic rings. The number of nitrogens with zero attached hydrogens (tertiary/aromatic N) is 7. The summed E-state index contributed by atoms with van der Waals surface area (Å²) < 4.78 is 5.44. The van der Waals surface area contributed by atoms with E-state index in [1.54, 1.807) is 35.2 Å². The fourth-order valence-corrected chi connectivity index (χ4v) is 13.6. The molecule has 0 fully saturated rings. The largest absolute Gasteiger partial charge is 0.476 e. The molecule has 5 amide bonds. The second-order valence-electron chi connectivity index (χ2n) is 16.9. The summed E-state index contributed by atoms with van der Waals surface area (Å²) in [4.78, 5) is 115. The molecule has 1 aliphatic heterocycles. The van der Waals surface area contributed by atoms with Crippen molar-refractivity contribution < 1.29 is 38.6 Å². The Bertz CT molecular complexity index is 3460. The topological polar surface area (TPSA) is 282 Å². The molecular weight excluding hydrogens is 1100 g/mol. The predicted molar refractivity (Wildman–Crippen MR) is 287 cm³/mol. The molecule has 20 nitrogen and oxygen atoms in total. The number of carbonyl (C=O) groups excluding carboxylic acids is 5. The van der Waals surface area contributed by atoms with Gasteiger partial charge in [-0.3, -0.25) is 24.0 Å². The Morgan fingerprint density at radius 1 is 0.720 bits per heavy atom. The van der Waals surface area contributed by atoms with Crippen molar-refractivity contribution in [1.29, 1.82) is 0 Å². The van der Waals surface area contributed by atoms with Crippen LogP contribution in [-0.4, -0.2) is 96.2 Å². The van der Waals surface area contributed by atoms with Crippen LogP contribution in [0.2, 0.25) is 0 Å². The number of thiazole rings is 6. The first-order chi connectivity index (χ1) is 36.1. The van der Waals surface area contributed by atoms with Gasteiger partial charge in [-0.05, 0) is 30.5 Å². The molecule has 8 aromatic rings. The summed E-state index contributed by atoms with van der Waals surface area (Å²) in [5.41, 5.74) is 2.79. The predicted octanol–water partition coefficient (Wildman–Crippen LogP) is 8.26. The van der Waals surface area contributed by atoms with Crippen molar-refractivity contribution in [3.05, 3.63) is 117 Å². The highest BCUT2D eigenvalue weighted by molar-refractivity contribution is 7.15. The first-order valence-corrected chi connectivity index (χ1v) is 28.3. The second kappa shape index (κ2) is 23.0. The summed E-state index contributed by atoms with van der Waals surface area (Å²) in [6, 6.07) is 10.1. The van der Waals surface area contributed by atoms with Crippen molar-refractivity contribution in [3.63, 3.8) is 0 Å². The number of rotatable bonds is 9. The Labute approximate surface area is 456 Å². The van der Waals surface area contributed by atoms with Gasteiger partial charge in [0.1, 0.15) is 70.3 Å². The Hall–Kier alpha value is -6.78. The van der Waals surface area contributed by atoms with Gasteiger partial charge in [0.2, 0.25) is 11.8 Å². The van der Waals surface area contributed by atoms with Gasteiger partial charge in [-0.1, -0.05) is 44.2 Å². The summed E-state index contributed by atoms with van der Waals surface area (Å²) in [6.45, 7) is 5.05. The zero-order chi connectivity index (χ0) is 53.1. The summed E-state index contributed by atoms with van der Waals surface area (Å²) in [6.07, 6.45) is -0.210. The number of aromatic carboxylic acids is 1. The number of methoxy groups -OCH3 is 1. The average Bonchev–Trinajstić information content (AvgIpc) is 4.27. The number of nitrogens with one attached hydrogen (secondary N) is 5. The van der Waals surface area contributed by atoms with Crippen molar-refractivity contribution in [1.82, 2.24) is 61.5 Å². The van der Waals surface area contributed by atoms with E-state index in [1.807, 2.05) is 44.2 Å². The zero-order valence-electron chi connectivity index (χ0n) is 40.1. The Morgan fingerprint density at radius 3 is 2.16 bits per heavy atom. The molecule has 0 aliphatic carbocycles. The van der Waals surface area contributed by atoms with Gasteiger partial charge in [0, 0.05) is 46.1 Å². The second-order valence-corrected chi connectivity index (χ2v) is 23.2. The van der Waals surface area contributed by atoms with E-state index in [0.717, 1.165) is 22.7 Å². The molecule has 9 rings (SSSR count). The summed E-state index contributed by atoms with van der Waals surface area (Å²) in [7, 11) is 2.95. The van der Waals surface area contributed by atoms with Crippen LogP contribution in [0.1, 0.15) is 116 Å². The lowest BCUT2D eigenvalue weighted by atomic mass is 10.0. The van der Waals surface area contributed by atoms with E-state index in [4.69, 9.17) is 41.3 Å². The minimum atomic E-state index is -1.19. The first kappa shape index (κ1) is 53.1. The maximum absolute atomic E-state index is 14.2. The van der Waals surface area contributed by atoms with Gasteiger partial charge < -0.3 is 36.4 Å². The van der Waals surface area contributed by atoms with Gasteiger partial charge in [-0.15, -0.1) is 79.6 Å². The summed E-state index contributed by atoms with van der Waals surface area (Å²) in [5, 5.41) is 32.0. The van der Waals surface area contributed by atoms with Crippen molar-refractivity contribution in [2.24, 2.45) is 5.92 Å². The van der Waals surface area contributed by atoms with Gasteiger partial charge in [0.25, 0.3) is 17.7 Å². The summed E-state index contributed by atoms with van der Waals surface area (Å²) >= 11 is 14.3. The lowest BCUT2D eigenvalue weighted by Gasteiger charge is -2.22. The number of pyridine rings is 1. The van der Waals surface area contributed by atoms with Gasteiger partial charge in [-0.2, -0.15) is 0 Å². The SMILES string of the molecule is CNC(=O)C[C@@H]1NC(=O)c2csc(n2)-c2ccc(-c3nc(C(=O)O)cs3)nc2-c2csc(n2)-c2csc(n2)C(C(Cl)c2ccccc2)NC(=O)CNC(=O)c2nc(sc2COC)[C@H](C(C)C)NC(=O)c2nc1sc2C. The van der Waals surface area contributed by atoms with Crippen LogP contribution in [-0.2, 0) is 20.9 Å². The number of aromatic nitrogens is 7. The van der Waals surface area contributed by atoms with Crippen molar-refractivity contribution in [2.75, 3.05) is 20.7 Å². The number of amides is 5. The highest BCUT2D eigenvalue weighted by Gasteiger charge is 2.33. The molecule has 27 heteroatoms. The third-order valence-corrected chi connectivity index (χ3v) is 17.7. The van der Waals surface area contributed by atoms with Gasteiger partial charge in [0.05, 0.1) is 47.6 Å². The smallest absolute Gasteiger partial charge is 0.355 e. The molecule has 4 atom stereocenters. The fraction of sp³-hybridized carbons (Fsp3) is 0.271. The number of hydrogen-bond acceptors (Lipinski definition) is 20. The van der Waals surface area contributed by atoms with Gasteiger partial charge in [0.15, 0.2) is 5.69 Å². The minimum Gasteiger partial charge on any atom is -0.476 e. The average molecular weight is 1140 g/mol. The number of alkyl halides is 1. The molecule has 0 saturated carbocycles. The van der Waals surface area contributed by atoms with Gasteiger partial charge >= 0.3 is 5.97 Å². The number of hydrogen-bond donors (Lipinski definition) is 6. The molecule has 7 aromatic heterocycles. The van der Waals surface area contributed by atoms with Crippen LogP contribution in [0.25, 0.3) is 43.4 Å². The normalized spacial score (nSPS) is 16.9. The van der Waals surface area contributed by atoms with Crippen molar-refractivity contribution >= 4 is 115 Å². The Kier molecular flexibility index (Phi) is 16.3. The third kappa shape index (κ3) is 11.7. The lowest BCUT2D eigenvalue weighted by molar-refractivity contribution is -0.121. The molecule has 386 valence electrons. The van der Waals surface area contributed by atoms with E-state index in [2.05, 4.69) is 36.6 Å². The monoisotopic (exact) mass is 1140 g/mol. The number of carboxylic acid groups (broad SMARTS) is 1. The molecule has 10 bridgehead atoms. The molecule has 8 heterocycles. The number of halogens is 1. The standard InChI is InChI=1S/C48H43ClN12O8S6/c1-20(2)34-47-61-37(30(75-47)15-69-5)40(65)51-14-32(63)58-38(33(49)22-9-7-6-8-10-22)46-56-28(18-73-46)44-54-26(16-71-44)36-23(11-12-24(52-36)43-57-29(19-72-43)48(67)68)42-55-27(17-70-42)39(64)53-25(13-31(62)50-4)45-60-35(21(3)74-45)41(66)59-34/h6-12,16-20,25,33-34,38H,13-15H2,1-5H3,(H,50,62)(H,51,65)(H,53,64)(H,58,63)(H,59,66)(H,67,68)/t25-,33?,34-,38?/m0/s1. The number of fused-ring (bicyclic) bond motifs is 14. The Morgan fingerprint density at radius 2 is 1.43 bits per heavy atom. The molecule has 75 heavy (non-hydrogen) atoms. The molecule has 0 spiro atoms. The minimum absolute atomic E-state index is 0.0205. The van der Waals surface area contributed by atoms with Crippen LogP contribution in [0.4, 0.5) is 0 Å². The van der Waals surface area contributed by atoms with E-state index >= 15 is 0 Å². The molecule has 1 aromatic carbocycles. The maximum atomic E-state index is 14.2. The van der Waals surface area contributed by atoms with E-state index in [0.29, 0.717) is 73.7 Å². The number of aryl methyl sites for hydroxylation is 1. The van der Waals surface area contributed by atoms with Crippen LogP contribution in [0.5, 0.6) is 0 Å². The van der Waals surface area contributed by atoms with Crippen LogP contribution < -0.4 is 26.6 Å². The van der Waals surface area contributed by atoms with E-state index in [-0.39, 0.29) is 41.7 Å². The van der Waals surface area contributed by atoms with Crippen LogP contribution >= 0.6 is 79.6 Å². The molecule has 0 saturated heterocycles. The lowest BCUT2D eigenvalue weighted by Crippen LogP contribution is -2.40. The molecule has 6 N–H and O–H groups in total. The molecular formula is C48H43ClN12O8S6. The molecule has 0 radical (unpaired) electrons. The maximum Gasteiger partial charge on any atom is 0.355 e. The van der Waals surface area contributed by atoms with Crippen molar-refractivity contribution in [2.45, 2.75) is 57.3 Å². The number of ether oxygens (including phenoxy) is 1. The molecule has 2 unspecified atom stereocenters. The van der Waals surface area contributed by atoms with Crippen LogP contribution in [0, 0.1) is 12.8 Å². The number of benzene rings is 1. The number of carboxylic acids is 1.